The molecule has 9 heteroatoms. The van der Waals surface area contributed by atoms with Gasteiger partial charge in [0.2, 0.25) is 5.13 Å². The Morgan fingerprint density at radius 2 is 1.85 bits per heavy atom. The summed E-state index contributed by atoms with van der Waals surface area (Å²) in [6.07, 6.45) is 0. The largest absolute Gasteiger partial charge is 0.325 e. The molecule has 3 aromatic rings. The van der Waals surface area contributed by atoms with Crippen LogP contribution in [0.25, 0.3) is 0 Å². The molecule has 0 radical (unpaired) electrons. The summed E-state index contributed by atoms with van der Waals surface area (Å²) in [4.78, 5) is 11.9. The van der Waals surface area contributed by atoms with Gasteiger partial charge in [-0.25, -0.2) is 9.18 Å². The summed E-state index contributed by atoms with van der Waals surface area (Å²) >= 11 is 9.05. The van der Waals surface area contributed by atoms with Gasteiger partial charge >= 0.3 is 6.03 Å². The molecule has 0 unspecified atom stereocenters. The molecule has 1 aromatic heterocycles. The van der Waals surface area contributed by atoms with E-state index in [4.69, 9.17) is 11.6 Å². The molecular formula is C17H14ClFN4OS2. The lowest BCUT2D eigenvalue weighted by atomic mass is 10.2. The monoisotopic (exact) mass is 408 g/mol. The molecule has 1 heterocycles. The van der Waals surface area contributed by atoms with Gasteiger partial charge in [0.25, 0.3) is 0 Å². The smallest absolute Gasteiger partial charge is 0.305 e. The van der Waals surface area contributed by atoms with Gasteiger partial charge in [-0.3, -0.25) is 5.32 Å². The first kappa shape index (κ1) is 18.6. The second-order valence-corrected chi connectivity index (χ2v) is 7.60. The first-order valence-corrected chi connectivity index (χ1v) is 9.93. The highest BCUT2D eigenvalue weighted by atomic mass is 35.5. The molecule has 0 aliphatic heterocycles. The molecule has 2 amide bonds. The Hall–Kier alpha value is -2.16. The number of anilines is 2. The zero-order valence-corrected chi connectivity index (χ0v) is 15.8. The van der Waals surface area contributed by atoms with Gasteiger partial charge < -0.3 is 5.32 Å². The van der Waals surface area contributed by atoms with Crippen molar-refractivity contribution in [3.63, 3.8) is 0 Å². The summed E-state index contributed by atoms with van der Waals surface area (Å²) in [6.45, 7) is 0. The molecule has 0 saturated carbocycles. The SMILES string of the molecule is O=C(Nc1nnc(CSCc2ccccc2Cl)s1)Nc1ccccc1F. The first-order valence-electron chi connectivity index (χ1n) is 7.58. The molecule has 0 saturated heterocycles. The van der Waals surface area contributed by atoms with Crippen LogP contribution in [0.4, 0.5) is 20.0 Å². The van der Waals surface area contributed by atoms with Crippen molar-refractivity contribution < 1.29 is 9.18 Å². The van der Waals surface area contributed by atoms with Gasteiger partial charge in [-0.1, -0.05) is 53.3 Å². The molecule has 0 bridgehead atoms. The number of carbonyl (C=O) groups excluding carboxylic acids is 1. The Morgan fingerprint density at radius 3 is 2.65 bits per heavy atom. The minimum Gasteiger partial charge on any atom is -0.305 e. The third-order valence-corrected chi connectivity index (χ3v) is 5.63. The van der Waals surface area contributed by atoms with Crippen LogP contribution >= 0.6 is 34.7 Å². The van der Waals surface area contributed by atoms with Crippen LogP contribution in [-0.2, 0) is 11.5 Å². The van der Waals surface area contributed by atoms with Crippen LogP contribution in [0.3, 0.4) is 0 Å². The molecule has 0 fully saturated rings. The van der Waals surface area contributed by atoms with Gasteiger partial charge in [-0.05, 0) is 23.8 Å². The van der Waals surface area contributed by atoms with Crippen LogP contribution < -0.4 is 10.6 Å². The van der Waals surface area contributed by atoms with E-state index in [2.05, 4.69) is 20.8 Å². The molecule has 2 N–H and O–H groups in total. The Kier molecular flexibility index (Phi) is 6.43. The molecule has 5 nitrogen and oxygen atoms in total. The predicted molar refractivity (Wildman–Crippen MR) is 105 cm³/mol. The molecule has 0 aliphatic carbocycles. The summed E-state index contributed by atoms with van der Waals surface area (Å²) in [5, 5.41) is 14.8. The predicted octanol–water partition coefficient (Wildman–Crippen LogP) is 5.41. The number of nitrogens with one attached hydrogen (secondary N) is 2. The van der Waals surface area contributed by atoms with Crippen molar-refractivity contribution in [2.75, 3.05) is 10.6 Å². The quantitative estimate of drug-likeness (QED) is 0.572. The maximum Gasteiger partial charge on any atom is 0.325 e. The van der Waals surface area contributed by atoms with Crippen LogP contribution in [0.15, 0.2) is 48.5 Å². The average Bonchev–Trinajstić information content (AvgIpc) is 3.06. The van der Waals surface area contributed by atoms with E-state index in [0.717, 1.165) is 21.3 Å². The molecular weight excluding hydrogens is 395 g/mol. The molecule has 0 atom stereocenters. The Balaban J connectivity index is 1.49. The van der Waals surface area contributed by atoms with Gasteiger partial charge in [0.15, 0.2) is 0 Å². The zero-order chi connectivity index (χ0) is 18.4. The molecule has 26 heavy (non-hydrogen) atoms. The van der Waals surface area contributed by atoms with E-state index in [0.29, 0.717) is 10.9 Å². The van der Waals surface area contributed by atoms with E-state index < -0.39 is 11.8 Å². The van der Waals surface area contributed by atoms with Gasteiger partial charge in [-0.15, -0.1) is 22.0 Å². The third-order valence-electron chi connectivity index (χ3n) is 3.25. The van der Waals surface area contributed by atoms with Crippen molar-refractivity contribution in [2.24, 2.45) is 0 Å². The van der Waals surface area contributed by atoms with Gasteiger partial charge in [-0.2, -0.15) is 0 Å². The topological polar surface area (TPSA) is 66.9 Å². The van der Waals surface area contributed by atoms with E-state index in [1.54, 1.807) is 23.9 Å². The van der Waals surface area contributed by atoms with E-state index in [1.807, 2.05) is 24.3 Å². The Labute approximate surface area is 163 Å². The summed E-state index contributed by atoms with van der Waals surface area (Å²) in [6, 6.07) is 13.1. The highest BCUT2D eigenvalue weighted by Gasteiger charge is 2.10. The minimum atomic E-state index is -0.568. The lowest BCUT2D eigenvalue weighted by molar-refractivity contribution is 0.262. The van der Waals surface area contributed by atoms with Crippen LogP contribution in [-0.4, -0.2) is 16.2 Å². The number of carbonyl (C=O) groups is 1. The number of nitrogens with zero attached hydrogens (tertiary/aromatic N) is 2. The zero-order valence-electron chi connectivity index (χ0n) is 13.4. The maximum atomic E-state index is 13.5. The molecule has 0 spiro atoms. The molecule has 3 rings (SSSR count). The summed E-state index contributed by atoms with van der Waals surface area (Å²) < 4.78 is 13.5. The van der Waals surface area contributed by atoms with Crippen LogP contribution in [0.2, 0.25) is 5.02 Å². The van der Waals surface area contributed by atoms with Crippen LogP contribution in [0, 0.1) is 5.82 Å². The number of aromatic nitrogens is 2. The summed E-state index contributed by atoms with van der Waals surface area (Å²) in [5.41, 5.74) is 1.16. The fourth-order valence-corrected chi connectivity index (χ4v) is 4.14. The number of urea groups is 1. The van der Waals surface area contributed by atoms with E-state index in [9.17, 15) is 9.18 Å². The number of thioether (sulfide) groups is 1. The lowest BCUT2D eigenvalue weighted by Gasteiger charge is -2.05. The van der Waals surface area contributed by atoms with Gasteiger partial charge in [0, 0.05) is 16.5 Å². The molecule has 2 aromatic carbocycles. The Morgan fingerprint density at radius 1 is 1.08 bits per heavy atom. The van der Waals surface area contributed by atoms with Gasteiger partial charge in [0.05, 0.1) is 5.69 Å². The number of hydrogen-bond donors (Lipinski definition) is 2. The number of rotatable bonds is 6. The molecule has 134 valence electrons. The van der Waals surface area contributed by atoms with Crippen LogP contribution in [0.5, 0.6) is 0 Å². The maximum absolute atomic E-state index is 13.5. The highest BCUT2D eigenvalue weighted by Crippen LogP contribution is 2.25. The second-order valence-electron chi connectivity index (χ2n) is 5.14. The van der Waals surface area contributed by atoms with Crippen molar-refractivity contribution >= 4 is 51.5 Å². The van der Waals surface area contributed by atoms with Gasteiger partial charge in [0.1, 0.15) is 10.8 Å². The average molecular weight is 409 g/mol. The Bertz CT molecular complexity index is 906. The van der Waals surface area contributed by atoms with Crippen molar-refractivity contribution in [3.05, 3.63) is 69.9 Å². The van der Waals surface area contributed by atoms with E-state index in [1.165, 1.54) is 23.5 Å². The highest BCUT2D eigenvalue weighted by molar-refractivity contribution is 7.97. The molecule has 0 aliphatic rings. The minimum absolute atomic E-state index is 0.102. The fraction of sp³-hybridized carbons (Fsp3) is 0.118. The second kappa shape index (κ2) is 8.98. The summed E-state index contributed by atoms with van der Waals surface area (Å²) in [7, 11) is 0. The van der Waals surface area contributed by atoms with Crippen molar-refractivity contribution in [1.82, 2.24) is 10.2 Å². The number of benzene rings is 2. The van der Waals surface area contributed by atoms with Crippen molar-refractivity contribution in [1.29, 1.82) is 0 Å². The van der Waals surface area contributed by atoms with E-state index >= 15 is 0 Å². The first-order chi connectivity index (χ1) is 12.6. The van der Waals surface area contributed by atoms with E-state index in [-0.39, 0.29) is 5.69 Å². The summed E-state index contributed by atoms with van der Waals surface area (Å²) in [5.74, 6) is 0.909. The normalized spacial score (nSPS) is 10.5. The number of halogens is 2. The fourth-order valence-electron chi connectivity index (χ4n) is 2.04. The number of hydrogen-bond acceptors (Lipinski definition) is 5. The number of amides is 2. The van der Waals surface area contributed by atoms with Crippen molar-refractivity contribution in [2.45, 2.75) is 11.5 Å². The van der Waals surface area contributed by atoms with Crippen LogP contribution in [0.1, 0.15) is 10.6 Å². The van der Waals surface area contributed by atoms with Crippen molar-refractivity contribution in [3.8, 4) is 0 Å². The number of para-hydroxylation sites is 1. The standard InChI is InChI=1S/C17H14ClFN4OS2/c18-12-6-2-1-5-11(12)9-25-10-15-22-23-17(26-15)21-16(24)20-14-8-4-3-7-13(14)19/h1-8H,9-10H2,(H2,20,21,23,24). The lowest BCUT2D eigenvalue weighted by Crippen LogP contribution is -2.19. The third kappa shape index (κ3) is 5.17.